The lowest BCUT2D eigenvalue weighted by molar-refractivity contribution is -0.136. The molecule has 0 unspecified atom stereocenters. The van der Waals surface area contributed by atoms with Crippen LogP contribution in [0.15, 0.2) is 65.9 Å². The molecule has 2 aromatic carbocycles. The molecule has 0 bridgehead atoms. The number of para-hydroxylation sites is 1. The highest BCUT2D eigenvalue weighted by atomic mass is 16.5. The first-order valence-corrected chi connectivity index (χ1v) is 8.44. The van der Waals surface area contributed by atoms with Crippen molar-refractivity contribution in [2.24, 2.45) is 0 Å². The van der Waals surface area contributed by atoms with Gasteiger partial charge in [0.15, 0.2) is 0 Å². The third-order valence-electron chi connectivity index (χ3n) is 4.04. The van der Waals surface area contributed by atoms with Crippen LogP contribution in [0.4, 0.5) is 5.69 Å². The van der Waals surface area contributed by atoms with Crippen molar-refractivity contribution < 1.29 is 24.2 Å². The van der Waals surface area contributed by atoms with Gasteiger partial charge in [0, 0.05) is 18.3 Å². The van der Waals surface area contributed by atoms with Crippen LogP contribution in [0.5, 0.6) is 11.5 Å². The number of aliphatic hydroxyl groups is 1. The molecule has 0 saturated carbocycles. The number of hydrogen-bond donors (Lipinski definition) is 2. The Balaban J connectivity index is 1.83. The van der Waals surface area contributed by atoms with Gasteiger partial charge in [-0.25, -0.2) is 4.79 Å². The van der Waals surface area contributed by atoms with Gasteiger partial charge in [0.05, 0.1) is 25.8 Å². The third-order valence-corrected chi connectivity index (χ3v) is 4.04. The lowest BCUT2D eigenvalue weighted by Crippen LogP contribution is -2.31. The summed E-state index contributed by atoms with van der Waals surface area (Å²) in [6.45, 7) is 0.0458. The summed E-state index contributed by atoms with van der Waals surface area (Å²) in [5, 5.41) is 12.1. The van der Waals surface area contributed by atoms with E-state index < -0.39 is 5.97 Å². The number of carbonyl (C=O) groups is 2. The zero-order valence-corrected chi connectivity index (χ0v) is 14.8. The summed E-state index contributed by atoms with van der Waals surface area (Å²) in [6, 6.07) is 16.4. The SMILES string of the molecule is COC(=O)C1=C(Nc2cccc(Oc3ccccc3)c2)C(=O)N(CCO)C1. The fraction of sp³-hybridized carbons (Fsp3) is 0.200. The zero-order valence-electron chi connectivity index (χ0n) is 14.8. The van der Waals surface area contributed by atoms with Gasteiger partial charge in [-0.15, -0.1) is 0 Å². The molecular formula is C20H20N2O5. The van der Waals surface area contributed by atoms with Crippen LogP contribution >= 0.6 is 0 Å². The van der Waals surface area contributed by atoms with Crippen LogP contribution in [-0.4, -0.2) is 48.7 Å². The van der Waals surface area contributed by atoms with Crippen molar-refractivity contribution in [2.45, 2.75) is 0 Å². The Morgan fingerprint density at radius 3 is 2.59 bits per heavy atom. The van der Waals surface area contributed by atoms with Crippen LogP contribution in [0.1, 0.15) is 0 Å². The standard InChI is InChI=1S/C20H20N2O5/c1-26-20(25)17-13-22(10-11-23)19(24)18(17)21-14-6-5-9-16(12-14)27-15-7-3-2-4-8-15/h2-9,12,21,23H,10-11,13H2,1H3. The largest absolute Gasteiger partial charge is 0.466 e. The molecule has 7 heteroatoms. The monoisotopic (exact) mass is 368 g/mol. The van der Waals surface area contributed by atoms with Crippen LogP contribution in [-0.2, 0) is 14.3 Å². The molecule has 1 aliphatic heterocycles. The number of aliphatic hydroxyl groups excluding tert-OH is 1. The first kappa shape index (κ1) is 18.5. The van der Waals surface area contributed by atoms with Gasteiger partial charge in [-0.1, -0.05) is 24.3 Å². The maximum atomic E-state index is 12.6. The Morgan fingerprint density at radius 1 is 1.15 bits per heavy atom. The van der Waals surface area contributed by atoms with Gasteiger partial charge in [-0.05, 0) is 24.3 Å². The van der Waals surface area contributed by atoms with Crippen LogP contribution < -0.4 is 10.1 Å². The lowest BCUT2D eigenvalue weighted by Gasteiger charge is -2.15. The lowest BCUT2D eigenvalue weighted by atomic mass is 10.2. The first-order valence-electron chi connectivity index (χ1n) is 8.44. The highest BCUT2D eigenvalue weighted by molar-refractivity contribution is 6.08. The molecule has 0 spiro atoms. The number of ether oxygens (including phenoxy) is 2. The quantitative estimate of drug-likeness (QED) is 0.728. The normalized spacial score (nSPS) is 13.7. The van der Waals surface area contributed by atoms with Gasteiger partial charge in [0.2, 0.25) is 0 Å². The summed E-state index contributed by atoms with van der Waals surface area (Å²) in [5.41, 5.74) is 0.969. The highest BCUT2D eigenvalue weighted by Gasteiger charge is 2.34. The molecule has 27 heavy (non-hydrogen) atoms. The van der Waals surface area contributed by atoms with E-state index >= 15 is 0 Å². The van der Waals surface area contributed by atoms with Crippen LogP contribution in [0.2, 0.25) is 0 Å². The van der Waals surface area contributed by atoms with Crippen LogP contribution in [0, 0.1) is 0 Å². The topological polar surface area (TPSA) is 88.1 Å². The van der Waals surface area contributed by atoms with Crippen LogP contribution in [0.3, 0.4) is 0 Å². The average molecular weight is 368 g/mol. The number of β-amino-alcohol motifs (C(OH)–C–C–N with tert-alkyl or cyclic N) is 1. The number of carbonyl (C=O) groups excluding carboxylic acids is 2. The molecule has 2 N–H and O–H groups in total. The van der Waals surface area contributed by atoms with Gasteiger partial charge in [-0.3, -0.25) is 4.79 Å². The van der Waals surface area contributed by atoms with E-state index in [2.05, 4.69) is 5.32 Å². The summed E-state index contributed by atoms with van der Waals surface area (Å²) in [6.07, 6.45) is 0. The predicted molar refractivity (Wildman–Crippen MR) is 99.3 cm³/mol. The molecule has 1 amide bonds. The Kier molecular flexibility index (Phi) is 5.73. The number of rotatable bonds is 7. The molecule has 140 valence electrons. The van der Waals surface area contributed by atoms with Gasteiger partial charge >= 0.3 is 5.97 Å². The van der Waals surface area contributed by atoms with E-state index in [4.69, 9.17) is 14.6 Å². The number of esters is 1. The number of hydrogen-bond acceptors (Lipinski definition) is 6. The number of methoxy groups -OCH3 is 1. The average Bonchev–Trinajstić information content (AvgIpc) is 2.99. The third kappa shape index (κ3) is 4.27. The Morgan fingerprint density at radius 2 is 1.89 bits per heavy atom. The highest BCUT2D eigenvalue weighted by Crippen LogP contribution is 2.27. The first-order chi connectivity index (χ1) is 13.1. The number of nitrogens with zero attached hydrogens (tertiary/aromatic N) is 1. The minimum absolute atomic E-state index is 0.0919. The van der Waals surface area contributed by atoms with Crippen molar-refractivity contribution in [2.75, 3.05) is 32.1 Å². The maximum absolute atomic E-state index is 12.6. The molecule has 0 aliphatic carbocycles. The second-order valence-corrected chi connectivity index (χ2v) is 5.86. The van der Waals surface area contributed by atoms with E-state index in [9.17, 15) is 9.59 Å². The van der Waals surface area contributed by atoms with E-state index in [1.165, 1.54) is 12.0 Å². The van der Waals surface area contributed by atoms with E-state index in [1.54, 1.807) is 24.3 Å². The minimum atomic E-state index is -0.581. The molecule has 1 heterocycles. The molecule has 3 rings (SSSR count). The Bertz CT molecular complexity index is 864. The fourth-order valence-corrected chi connectivity index (χ4v) is 2.76. The number of amides is 1. The second kappa shape index (κ2) is 8.37. The van der Waals surface area contributed by atoms with Crippen molar-refractivity contribution in [3.63, 3.8) is 0 Å². The van der Waals surface area contributed by atoms with Crippen molar-refractivity contribution in [3.05, 3.63) is 65.9 Å². The predicted octanol–water partition coefficient (Wildman–Crippen LogP) is 2.15. The summed E-state index contributed by atoms with van der Waals surface area (Å²) >= 11 is 0. The molecule has 2 aromatic rings. The van der Waals surface area contributed by atoms with Gasteiger partial charge in [0.25, 0.3) is 5.91 Å². The van der Waals surface area contributed by atoms with E-state index in [-0.39, 0.29) is 36.9 Å². The molecule has 0 saturated heterocycles. The van der Waals surface area contributed by atoms with Gasteiger partial charge in [0.1, 0.15) is 17.2 Å². The number of benzene rings is 2. The van der Waals surface area contributed by atoms with E-state index in [0.717, 1.165) is 0 Å². The Hall–Kier alpha value is -3.32. The molecule has 1 aliphatic rings. The van der Waals surface area contributed by atoms with Gasteiger partial charge < -0.3 is 24.8 Å². The maximum Gasteiger partial charge on any atom is 0.337 e. The molecular weight excluding hydrogens is 348 g/mol. The molecule has 0 aromatic heterocycles. The fourth-order valence-electron chi connectivity index (χ4n) is 2.76. The van der Waals surface area contributed by atoms with Crippen molar-refractivity contribution in [1.29, 1.82) is 0 Å². The summed E-state index contributed by atoms with van der Waals surface area (Å²) in [4.78, 5) is 26.0. The summed E-state index contributed by atoms with van der Waals surface area (Å²) in [7, 11) is 1.26. The Labute approximate surface area is 156 Å². The van der Waals surface area contributed by atoms with Crippen molar-refractivity contribution >= 4 is 17.6 Å². The smallest absolute Gasteiger partial charge is 0.337 e. The van der Waals surface area contributed by atoms with E-state index in [1.807, 2.05) is 30.3 Å². The number of nitrogens with one attached hydrogen (secondary N) is 1. The molecule has 7 nitrogen and oxygen atoms in total. The zero-order chi connectivity index (χ0) is 19.2. The number of anilines is 1. The molecule has 0 fully saturated rings. The summed E-state index contributed by atoms with van der Waals surface area (Å²) in [5.74, 6) is 0.334. The minimum Gasteiger partial charge on any atom is -0.466 e. The molecule has 0 radical (unpaired) electrons. The second-order valence-electron chi connectivity index (χ2n) is 5.86. The van der Waals surface area contributed by atoms with Crippen molar-refractivity contribution in [3.8, 4) is 11.5 Å². The van der Waals surface area contributed by atoms with Crippen LogP contribution in [0.25, 0.3) is 0 Å². The van der Waals surface area contributed by atoms with E-state index in [0.29, 0.717) is 17.2 Å². The van der Waals surface area contributed by atoms with Gasteiger partial charge in [-0.2, -0.15) is 0 Å². The molecule has 0 atom stereocenters. The van der Waals surface area contributed by atoms with Crippen molar-refractivity contribution in [1.82, 2.24) is 4.90 Å². The summed E-state index contributed by atoms with van der Waals surface area (Å²) < 4.78 is 10.6.